The molecule has 1 unspecified atom stereocenters. The highest BCUT2D eigenvalue weighted by atomic mass is 79.9. The minimum Gasteiger partial charge on any atom is -0.316 e. The van der Waals surface area contributed by atoms with Crippen LogP contribution < -0.4 is 5.32 Å². The predicted octanol–water partition coefficient (Wildman–Crippen LogP) is 2.39. The van der Waals surface area contributed by atoms with Gasteiger partial charge in [0.15, 0.2) is 0 Å². The zero-order chi connectivity index (χ0) is 9.80. The van der Waals surface area contributed by atoms with Gasteiger partial charge in [-0.2, -0.15) is 0 Å². The first kappa shape index (κ1) is 10.1. The molecule has 0 saturated carbocycles. The van der Waals surface area contributed by atoms with Crippen molar-refractivity contribution in [1.82, 2.24) is 10.3 Å². The van der Waals surface area contributed by atoms with Crippen molar-refractivity contribution in [1.29, 1.82) is 0 Å². The van der Waals surface area contributed by atoms with Gasteiger partial charge in [-0.05, 0) is 66.3 Å². The lowest BCUT2D eigenvalue weighted by atomic mass is 9.94. The van der Waals surface area contributed by atoms with Crippen LogP contribution in [0.25, 0.3) is 0 Å². The average Bonchev–Trinajstić information content (AvgIpc) is 2.23. The summed E-state index contributed by atoms with van der Waals surface area (Å²) in [4.78, 5) is 4.40. The molecule has 2 nitrogen and oxygen atoms in total. The van der Waals surface area contributed by atoms with Crippen LogP contribution in [0.5, 0.6) is 0 Å². The first-order chi connectivity index (χ1) is 6.86. The van der Waals surface area contributed by atoms with E-state index in [1.807, 2.05) is 12.3 Å². The van der Waals surface area contributed by atoms with Gasteiger partial charge in [-0.25, -0.2) is 0 Å². The smallest absolute Gasteiger partial charge is 0.0548 e. The van der Waals surface area contributed by atoms with Gasteiger partial charge < -0.3 is 5.32 Å². The molecule has 0 spiro atoms. The lowest BCUT2D eigenvalue weighted by Gasteiger charge is -2.22. The van der Waals surface area contributed by atoms with Crippen LogP contribution in [0.4, 0.5) is 0 Å². The highest BCUT2D eigenvalue weighted by Gasteiger charge is 2.15. The van der Waals surface area contributed by atoms with Gasteiger partial charge in [0, 0.05) is 10.7 Å². The molecule has 14 heavy (non-hydrogen) atoms. The van der Waals surface area contributed by atoms with E-state index in [1.54, 1.807) is 0 Å². The summed E-state index contributed by atoms with van der Waals surface area (Å²) in [7, 11) is 0. The van der Waals surface area contributed by atoms with Gasteiger partial charge in [0.1, 0.15) is 0 Å². The van der Waals surface area contributed by atoms with Crippen molar-refractivity contribution in [3.63, 3.8) is 0 Å². The lowest BCUT2D eigenvalue weighted by molar-refractivity contribution is 0.373. The van der Waals surface area contributed by atoms with Crippen LogP contribution in [0.2, 0.25) is 0 Å². The van der Waals surface area contributed by atoms with Gasteiger partial charge in [-0.3, -0.25) is 4.98 Å². The van der Waals surface area contributed by atoms with Crippen molar-refractivity contribution < 1.29 is 0 Å². The molecule has 1 saturated heterocycles. The highest BCUT2D eigenvalue weighted by molar-refractivity contribution is 9.10. The fourth-order valence-electron chi connectivity index (χ4n) is 1.94. The van der Waals surface area contributed by atoms with Gasteiger partial charge in [0.05, 0.1) is 5.69 Å². The number of nitrogens with one attached hydrogen (secondary N) is 1. The summed E-state index contributed by atoms with van der Waals surface area (Å²) in [6, 6.07) is 4.03. The monoisotopic (exact) mass is 254 g/mol. The quantitative estimate of drug-likeness (QED) is 0.877. The summed E-state index contributed by atoms with van der Waals surface area (Å²) in [6.07, 6.45) is 5.59. The van der Waals surface area contributed by atoms with E-state index in [-0.39, 0.29) is 0 Å². The van der Waals surface area contributed by atoms with E-state index in [0.717, 1.165) is 23.4 Å². The normalized spacial score (nSPS) is 22.2. The van der Waals surface area contributed by atoms with E-state index in [4.69, 9.17) is 0 Å². The molecule has 2 heterocycles. The molecule has 1 aliphatic heterocycles. The summed E-state index contributed by atoms with van der Waals surface area (Å²) < 4.78 is 1.14. The number of nitrogens with zero attached hydrogens (tertiary/aromatic N) is 1. The molecule has 0 aromatic carbocycles. The van der Waals surface area contributed by atoms with E-state index >= 15 is 0 Å². The Morgan fingerprint density at radius 2 is 2.50 bits per heavy atom. The van der Waals surface area contributed by atoms with Crippen LogP contribution in [0, 0.1) is 5.92 Å². The van der Waals surface area contributed by atoms with Crippen LogP contribution in [0.3, 0.4) is 0 Å². The first-order valence-electron chi connectivity index (χ1n) is 5.16. The average molecular weight is 255 g/mol. The number of halogens is 1. The van der Waals surface area contributed by atoms with Crippen molar-refractivity contribution in [2.45, 2.75) is 19.3 Å². The van der Waals surface area contributed by atoms with Gasteiger partial charge >= 0.3 is 0 Å². The third-order valence-electron chi connectivity index (χ3n) is 2.72. The van der Waals surface area contributed by atoms with Crippen LogP contribution >= 0.6 is 15.9 Å². The Labute approximate surface area is 93.3 Å². The Bertz CT molecular complexity index is 295. The number of aromatic nitrogens is 1. The van der Waals surface area contributed by atoms with Crippen molar-refractivity contribution in [2.24, 2.45) is 5.92 Å². The summed E-state index contributed by atoms with van der Waals surface area (Å²) in [5.41, 5.74) is 1.20. The molecule has 0 bridgehead atoms. The molecule has 0 amide bonds. The molecular weight excluding hydrogens is 240 g/mol. The van der Waals surface area contributed by atoms with Gasteiger partial charge in [-0.15, -0.1) is 0 Å². The van der Waals surface area contributed by atoms with E-state index in [0.29, 0.717) is 0 Å². The van der Waals surface area contributed by atoms with E-state index in [2.05, 4.69) is 32.3 Å². The van der Waals surface area contributed by atoms with Crippen molar-refractivity contribution >= 4 is 15.9 Å². The molecule has 1 N–H and O–H groups in total. The minimum absolute atomic E-state index is 0.759. The molecule has 1 atom stereocenters. The predicted molar refractivity (Wildman–Crippen MR) is 61.2 cm³/mol. The minimum atomic E-state index is 0.759. The second-order valence-electron chi connectivity index (χ2n) is 3.85. The third kappa shape index (κ3) is 2.55. The Balaban J connectivity index is 1.99. The number of rotatable bonds is 2. The van der Waals surface area contributed by atoms with E-state index in [9.17, 15) is 0 Å². The second-order valence-corrected chi connectivity index (χ2v) is 4.70. The van der Waals surface area contributed by atoms with Crippen LogP contribution in [-0.2, 0) is 6.42 Å². The maximum Gasteiger partial charge on any atom is 0.0548 e. The van der Waals surface area contributed by atoms with E-state index < -0.39 is 0 Å². The van der Waals surface area contributed by atoms with Crippen LogP contribution in [0.15, 0.2) is 22.8 Å². The lowest BCUT2D eigenvalue weighted by Crippen LogP contribution is -2.31. The van der Waals surface area contributed by atoms with Crippen molar-refractivity contribution in [2.75, 3.05) is 13.1 Å². The summed E-state index contributed by atoms with van der Waals surface area (Å²) in [5.74, 6) is 0.759. The SMILES string of the molecule is Brc1cccnc1CC1CCCNC1. The fourth-order valence-corrected chi connectivity index (χ4v) is 2.36. The fraction of sp³-hybridized carbons (Fsp3) is 0.545. The summed E-state index contributed by atoms with van der Waals surface area (Å²) >= 11 is 3.54. The van der Waals surface area contributed by atoms with Crippen molar-refractivity contribution in [3.8, 4) is 0 Å². The van der Waals surface area contributed by atoms with E-state index in [1.165, 1.54) is 25.1 Å². The highest BCUT2D eigenvalue weighted by Crippen LogP contribution is 2.20. The summed E-state index contributed by atoms with van der Waals surface area (Å²) in [5, 5.41) is 3.43. The molecule has 1 aromatic heterocycles. The van der Waals surface area contributed by atoms with Crippen molar-refractivity contribution in [3.05, 3.63) is 28.5 Å². The topological polar surface area (TPSA) is 24.9 Å². The number of pyridine rings is 1. The number of piperidine rings is 1. The van der Waals surface area contributed by atoms with Gasteiger partial charge in [-0.1, -0.05) is 0 Å². The standard InChI is InChI=1S/C11H15BrN2/c12-10-4-2-6-14-11(10)7-9-3-1-5-13-8-9/h2,4,6,9,13H,1,3,5,7-8H2. The Kier molecular flexibility index (Phi) is 3.54. The molecule has 0 radical (unpaired) electrons. The van der Waals surface area contributed by atoms with Crippen LogP contribution in [0.1, 0.15) is 18.5 Å². The molecular formula is C11H15BrN2. The number of hydrogen-bond acceptors (Lipinski definition) is 2. The Morgan fingerprint density at radius 1 is 1.57 bits per heavy atom. The largest absolute Gasteiger partial charge is 0.316 e. The number of hydrogen-bond donors (Lipinski definition) is 1. The molecule has 3 heteroatoms. The zero-order valence-corrected chi connectivity index (χ0v) is 9.76. The van der Waals surface area contributed by atoms with Gasteiger partial charge in [0.25, 0.3) is 0 Å². The maximum atomic E-state index is 4.40. The molecule has 1 aliphatic rings. The maximum absolute atomic E-state index is 4.40. The van der Waals surface area contributed by atoms with Crippen LogP contribution in [-0.4, -0.2) is 18.1 Å². The molecule has 0 aliphatic carbocycles. The molecule has 1 aromatic rings. The van der Waals surface area contributed by atoms with Gasteiger partial charge in [0.2, 0.25) is 0 Å². The summed E-state index contributed by atoms with van der Waals surface area (Å²) in [6.45, 7) is 2.32. The Morgan fingerprint density at radius 3 is 3.21 bits per heavy atom. The molecule has 2 rings (SSSR count). The molecule has 1 fully saturated rings. The zero-order valence-electron chi connectivity index (χ0n) is 8.17. The second kappa shape index (κ2) is 4.89. The molecule has 76 valence electrons. The Hall–Kier alpha value is -0.410. The first-order valence-corrected chi connectivity index (χ1v) is 5.95. The third-order valence-corrected chi connectivity index (χ3v) is 3.44.